The van der Waals surface area contributed by atoms with Gasteiger partial charge in [0.25, 0.3) is 0 Å². The molecule has 2 aliphatic rings. The molecule has 1 unspecified atom stereocenters. The van der Waals surface area contributed by atoms with Gasteiger partial charge in [-0.05, 0) is 67.2 Å². The van der Waals surface area contributed by atoms with E-state index in [1.807, 2.05) is 6.07 Å². The molecule has 1 aromatic carbocycles. The number of halogens is 1. The Bertz CT molecular complexity index is 1080. The Balaban J connectivity index is 1.39. The number of nitrogens with one attached hydrogen (secondary N) is 1. The quantitative estimate of drug-likeness (QED) is 0.607. The number of fused-ring (bicyclic) bond motifs is 2. The molecule has 162 valence electrons. The van der Waals surface area contributed by atoms with E-state index in [1.165, 1.54) is 50.4 Å². The third-order valence-electron chi connectivity index (χ3n) is 7.37. The second kappa shape index (κ2) is 7.04. The number of aromatic nitrogens is 4. The molecule has 2 aliphatic carbocycles. The molecule has 2 saturated carbocycles. The number of nitrogens with zero attached hydrogens (tertiary/aromatic N) is 4. The molecule has 2 bridgehead atoms. The van der Waals surface area contributed by atoms with Crippen molar-refractivity contribution in [2.24, 2.45) is 10.8 Å². The summed E-state index contributed by atoms with van der Waals surface area (Å²) in [5, 5.41) is 25.7. The van der Waals surface area contributed by atoms with Crippen LogP contribution in [0.2, 0.25) is 0 Å². The zero-order chi connectivity index (χ0) is 21.8. The molecule has 2 heterocycles. The SMILES string of the molecule is CN(c1ccc(-c2cc(F)c(-c3cn[nH]c3)cc2O)nn1)C1C[C@]2(C)CC[C@](C)(C1)C2. The molecular weight excluding hydrogens is 393 g/mol. The Labute approximate surface area is 181 Å². The van der Waals surface area contributed by atoms with Crippen LogP contribution in [0.15, 0.2) is 36.7 Å². The molecule has 0 radical (unpaired) electrons. The van der Waals surface area contributed by atoms with Gasteiger partial charge < -0.3 is 10.0 Å². The zero-order valence-corrected chi connectivity index (χ0v) is 18.2. The third-order valence-corrected chi connectivity index (χ3v) is 7.37. The van der Waals surface area contributed by atoms with Crippen LogP contribution in [0, 0.1) is 16.6 Å². The Kier molecular flexibility index (Phi) is 4.53. The molecular formula is C24H28FN5O. The molecule has 5 rings (SSSR count). The molecule has 3 aromatic rings. The van der Waals surface area contributed by atoms with Crippen molar-refractivity contribution in [3.63, 3.8) is 0 Å². The van der Waals surface area contributed by atoms with Crippen molar-refractivity contribution in [1.82, 2.24) is 20.4 Å². The highest BCUT2D eigenvalue weighted by Gasteiger charge is 2.50. The maximum Gasteiger partial charge on any atom is 0.151 e. The number of H-pyrrole nitrogens is 1. The maximum absolute atomic E-state index is 14.7. The summed E-state index contributed by atoms with van der Waals surface area (Å²) in [6, 6.07) is 6.84. The normalized spacial score (nSPS) is 27.4. The first-order valence-electron chi connectivity index (χ1n) is 10.8. The minimum Gasteiger partial charge on any atom is -0.507 e. The van der Waals surface area contributed by atoms with Crippen LogP contribution in [0.1, 0.15) is 46.0 Å². The number of rotatable bonds is 4. The number of phenolic OH excluding ortho intramolecular Hbond substituents is 1. The van der Waals surface area contributed by atoms with E-state index in [1.54, 1.807) is 12.3 Å². The van der Waals surface area contributed by atoms with Gasteiger partial charge >= 0.3 is 0 Å². The van der Waals surface area contributed by atoms with Gasteiger partial charge in [0.1, 0.15) is 11.6 Å². The summed E-state index contributed by atoms with van der Waals surface area (Å²) in [6.07, 6.45) is 9.36. The van der Waals surface area contributed by atoms with Gasteiger partial charge in [-0.15, -0.1) is 10.2 Å². The van der Waals surface area contributed by atoms with Crippen LogP contribution in [-0.4, -0.2) is 38.6 Å². The van der Waals surface area contributed by atoms with Crippen LogP contribution in [0.4, 0.5) is 10.2 Å². The van der Waals surface area contributed by atoms with E-state index in [2.05, 4.69) is 46.2 Å². The van der Waals surface area contributed by atoms with Gasteiger partial charge in [0.2, 0.25) is 0 Å². The number of phenols is 1. The number of hydrogen-bond donors (Lipinski definition) is 2. The van der Waals surface area contributed by atoms with Crippen LogP contribution >= 0.6 is 0 Å². The molecule has 31 heavy (non-hydrogen) atoms. The van der Waals surface area contributed by atoms with Gasteiger partial charge in [0.05, 0.1) is 11.9 Å². The monoisotopic (exact) mass is 421 g/mol. The van der Waals surface area contributed by atoms with E-state index in [4.69, 9.17) is 0 Å². The van der Waals surface area contributed by atoms with E-state index in [9.17, 15) is 9.50 Å². The van der Waals surface area contributed by atoms with Crippen molar-refractivity contribution in [2.75, 3.05) is 11.9 Å². The van der Waals surface area contributed by atoms with Gasteiger partial charge in [-0.3, -0.25) is 5.10 Å². The minimum absolute atomic E-state index is 0.0438. The first-order valence-corrected chi connectivity index (χ1v) is 10.8. The third kappa shape index (κ3) is 3.56. The van der Waals surface area contributed by atoms with Gasteiger partial charge in [0.15, 0.2) is 5.82 Å². The lowest BCUT2D eigenvalue weighted by Crippen LogP contribution is -2.42. The first kappa shape index (κ1) is 20.0. The van der Waals surface area contributed by atoms with Crippen molar-refractivity contribution in [3.05, 3.63) is 42.5 Å². The van der Waals surface area contributed by atoms with Gasteiger partial charge in [0, 0.05) is 36.0 Å². The molecule has 3 atom stereocenters. The largest absolute Gasteiger partial charge is 0.507 e. The average molecular weight is 422 g/mol. The Morgan fingerprint density at radius 1 is 1.10 bits per heavy atom. The summed E-state index contributed by atoms with van der Waals surface area (Å²) in [6.45, 7) is 4.83. The van der Waals surface area contributed by atoms with Crippen LogP contribution in [0.3, 0.4) is 0 Å². The second-order valence-electron chi connectivity index (χ2n) is 10.1. The topological polar surface area (TPSA) is 77.9 Å². The van der Waals surface area contributed by atoms with Crippen molar-refractivity contribution in [3.8, 4) is 28.1 Å². The molecule has 0 spiro atoms. The van der Waals surface area contributed by atoms with Crippen LogP contribution in [0.25, 0.3) is 22.4 Å². The van der Waals surface area contributed by atoms with Crippen LogP contribution in [0.5, 0.6) is 5.75 Å². The summed E-state index contributed by atoms with van der Waals surface area (Å²) < 4.78 is 14.7. The lowest BCUT2D eigenvalue weighted by molar-refractivity contribution is 0.148. The Morgan fingerprint density at radius 2 is 1.84 bits per heavy atom. The second-order valence-corrected chi connectivity index (χ2v) is 10.1. The molecule has 2 aromatic heterocycles. The first-order chi connectivity index (χ1) is 14.8. The predicted octanol–water partition coefficient (Wildman–Crippen LogP) is 5.17. The Hall–Kier alpha value is -2.96. The smallest absolute Gasteiger partial charge is 0.151 e. The average Bonchev–Trinajstić information content (AvgIpc) is 3.34. The van der Waals surface area contributed by atoms with Crippen LogP contribution in [-0.2, 0) is 0 Å². The highest BCUT2D eigenvalue weighted by molar-refractivity contribution is 5.74. The molecule has 0 saturated heterocycles. The highest BCUT2D eigenvalue weighted by Crippen LogP contribution is 2.58. The highest BCUT2D eigenvalue weighted by atomic mass is 19.1. The summed E-state index contributed by atoms with van der Waals surface area (Å²) in [7, 11) is 2.09. The van der Waals surface area contributed by atoms with E-state index >= 15 is 0 Å². The predicted molar refractivity (Wildman–Crippen MR) is 118 cm³/mol. The number of anilines is 1. The van der Waals surface area contributed by atoms with Crippen molar-refractivity contribution in [1.29, 1.82) is 0 Å². The standard InChI is InChI=1S/C24H28FN5O/c1-23-6-7-24(2,14-23)11-16(10-23)30(3)22-5-4-20(28-29-22)18-8-19(25)17(9-21(18)31)15-12-26-27-13-15/h4-5,8-9,12-13,16,31H,6-7,10-11,14H2,1-3H3,(H,26,27)/t16?,23-,24+. The van der Waals surface area contributed by atoms with Crippen molar-refractivity contribution < 1.29 is 9.50 Å². The molecule has 0 aliphatic heterocycles. The van der Waals surface area contributed by atoms with E-state index in [0.717, 1.165) is 5.82 Å². The summed E-state index contributed by atoms with van der Waals surface area (Å²) in [5.74, 6) is 0.311. The van der Waals surface area contributed by atoms with Gasteiger partial charge in [-0.1, -0.05) is 13.8 Å². The minimum atomic E-state index is -0.448. The van der Waals surface area contributed by atoms with E-state index in [-0.39, 0.29) is 11.3 Å². The summed E-state index contributed by atoms with van der Waals surface area (Å²) in [4.78, 5) is 2.24. The zero-order valence-electron chi connectivity index (χ0n) is 18.2. The van der Waals surface area contributed by atoms with Crippen molar-refractivity contribution >= 4 is 5.82 Å². The number of aromatic hydroxyl groups is 1. The molecule has 7 heteroatoms. The fourth-order valence-corrected chi connectivity index (χ4v) is 5.87. The molecule has 2 N–H and O–H groups in total. The Morgan fingerprint density at radius 3 is 2.45 bits per heavy atom. The lowest BCUT2D eigenvalue weighted by atomic mass is 9.68. The number of hydrogen-bond acceptors (Lipinski definition) is 5. The van der Waals surface area contributed by atoms with Gasteiger partial charge in [-0.2, -0.15) is 5.10 Å². The number of aromatic amines is 1. The van der Waals surface area contributed by atoms with Crippen LogP contribution < -0.4 is 4.90 Å². The van der Waals surface area contributed by atoms with Gasteiger partial charge in [-0.25, -0.2) is 4.39 Å². The van der Waals surface area contributed by atoms with E-state index in [0.29, 0.717) is 33.7 Å². The number of benzene rings is 1. The fourth-order valence-electron chi connectivity index (χ4n) is 5.87. The molecule has 0 amide bonds. The lowest BCUT2D eigenvalue weighted by Gasteiger charge is -2.44. The summed E-state index contributed by atoms with van der Waals surface area (Å²) in [5.41, 5.74) is 2.45. The maximum atomic E-state index is 14.7. The molecule has 6 nitrogen and oxygen atoms in total. The van der Waals surface area contributed by atoms with Crippen molar-refractivity contribution in [2.45, 2.75) is 52.0 Å². The fraction of sp³-hybridized carbons (Fsp3) is 0.458. The van der Waals surface area contributed by atoms with E-state index < -0.39 is 5.82 Å². The molecule has 2 fully saturated rings. The summed E-state index contributed by atoms with van der Waals surface area (Å²) >= 11 is 0.